The lowest BCUT2D eigenvalue weighted by atomic mass is 9.93. The van der Waals surface area contributed by atoms with E-state index in [1.54, 1.807) is 12.3 Å². The van der Waals surface area contributed by atoms with E-state index in [1.165, 1.54) is 18.5 Å². The van der Waals surface area contributed by atoms with Crippen molar-refractivity contribution in [3.63, 3.8) is 0 Å². The molecule has 0 bridgehead atoms. The summed E-state index contributed by atoms with van der Waals surface area (Å²) in [6, 6.07) is 4.45. The van der Waals surface area contributed by atoms with Crippen LogP contribution in [0.4, 0.5) is 21.8 Å². The van der Waals surface area contributed by atoms with Gasteiger partial charge >= 0.3 is 5.97 Å². The Morgan fingerprint density at radius 2 is 2.03 bits per heavy atom. The molecule has 1 aliphatic carbocycles. The lowest BCUT2D eigenvalue weighted by Gasteiger charge is -2.28. The minimum absolute atomic E-state index is 0.00304. The molecule has 1 aromatic carbocycles. The number of carboxylic acid groups (broad SMARTS) is 1. The number of halogens is 2. The Morgan fingerprint density at radius 3 is 2.77 bits per heavy atom. The van der Waals surface area contributed by atoms with Crippen molar-refractivity contribution in [1.29, 1.82) is 0 Å². The number of aliphatic carboxylic acids is 1. The first-order chi connectivity index (χ1) is 15.0. The van der Waals surface area contributed by atoms with Crippen molar-refractivity contribution >= 4 is 46.1 Å². The molecule has 2 heterocycles. The van der Waals surface area contributed by atoms with Gasteiger partial charge in [0.1, 0.15) is 29.8 Å². The summed E-state index contributed by atoms with van der Waals surface area (Å²) in [5, 5.41) is 15.1. The van der Waals surface area contributed by atoms with Crippen LogP contribution in [0.25, 0.3) is 11.0 Å². The number of hydrogen-bond donors (Lipinski definition) is 3. The number of nitrogens with zero attached hydrogens (tertiary/aromatic N) is 4. The van der Waals surface area contributed by atoms with Crippen LogP contribution < -0.4 is 10.6 Å². The van der Waals surface area contributed by atoms with Crippen LogP contribution in [-0.2, 0) is 9.53 Å². The molecule has 0 saturated heterocycles. The fourth-order valence-corrected chi connectivity index (χ4v) is 3.65. The first-order valence-corrected chi connectivity index (χ1v) is 10.2. The third kappa shape index (κ3) is 5.33. The summed E-state index contributed by atoms with van der Waals surface area (Å²) in [6.07, 6.45) is 6.12. The Balaban J connectivity index is 1.46. The number of ether oxygens (including phenoxy) is 1. The highest BCUT2D eigenvalue weighted by Gasteiger charge is 2.23. The lowest BCUT2D eigenvalue weighted by Crippen LogP contribution is -2.31. The molecule has 1 saturated carbocycles. The average molecular weight is 447 g/mol. The molecule has 0 unspecified atom stereocenters. The Labute approximate surface area is 182 Å². The molecule has 3 N–H and O–H groups in total. The van der Waals surface area contributed by atoms with E-state index in [-0.39, 0.29) is 23.8 Å². The quantitative estimate of drug-likeness (QED) is 0.497. The normalized spacial score (nSPS) is 18.6. The maximum absolute atomic E-state index is 13.4. The number of hydrogen-bond acceptors (Lipinski definition) is 8. The first kappa shape index (κ1) is 21.1. The van der Waals surface area contributed by atoms with Crippen molar-refractivity contribution in [2.24, 2.45) is 0 Å². The summed E-state index contributed by atoms with van der Waals surface area (Å²) in [4.78, 5) is 28.0. The average Bonchev–Trinajstić information content (AvgIpc) is 2.76. The molecular weight excluding hydrogens is 427 g/mol. The standard InChI is InChI=1S/C20H20ClFN6O3/c21-14-7-12(3-6-15(14)22)26-19-18-16(24-10-25-19)8-23-20(28-18)27-11-1-4-13(5-2-11)31-9-17(29)30/h3,6-8,10-11,13H,1-2,4-5,9H2,(H,29,30)(H,23,27,28)(H,24,25,26)/t11-,13-. The predicted molar refractivity (Wildman–Crippen MR) is 113 cm³/mol. The van der Waals surface area contributed by atoms with Crippen LogP contribution in [0, 0.1) is 5.82 Å². The maximum Gasteiger partial charge on any atom is 0.329 e. The largest absolute Gasteiger partial charge is 0.480 e. The Morgan fingerprint density at radius 1 is 1.23 bits per heavy atom. The molecule has 1 aliphatic rings. The molecule has 0 atom stereocenters. The molecule has 0 amide bonds. The third-order valence-electron chi connectivity index (χ3n) is 5.01. The summed E-state index contributed by atoms with van der Waals surface area (Å²) in [7, 11) is 0. The summed E-state index contributed by atoms with van der Waals surface area (Å²) in [6.45, 7) is -0.272. The number of carbonyl (C=O) groups is 1. The van der Waals surface area contributed by atoms with Gasteiger partial charge < -0.3 is 20.5 Å². The van der Waals surface area contributed by atoms with Gasteiger partial charge in [-0.2, -0.15) is 0 Å². The topological polar surface area (TPSA) is 122 Å². The van der Waals surface area contributed by atoms with Gasteiger partial charge in [0.25, 0.3) is 0 Å². The predicted octanol–water partition coefficient (Wildman–Crippen LogP) is 3.78. The van der Waals surface area contributed by atoms with E-state index in [9.17, 15) is 9.18 Å². The second-order valence-electron chi connectivity index (χ2n) is 7.23. The fourth-order valence-electron chi connectivity index (χ4n) is 3.47. The van der Waals surface area contributed by atoms with Crippen molar-refractivity contribution in [2.45, 2.75) is 37.8 Å². The van der Waals surface area contributed by atoms with E-state index in [4.69, 9.17) is 21.4 Å². The van der Waals surface area contributed by atoms with Gasteiger partial charge in [-0.25, -0.2) is 29.1 Å². The lowest BCUT2D eigenvalue weighted by molar-refractivity contribution is -0.145. The minimum Gasteiger partial charge on any atom is -0.480 e. The molecule has 2 aromatic heterocycles. The van der Waals surface area contributed by atoms with E-state index in [0.717, 1.165) is 25.7 Å². The van der Waals surface area contributed by atoms with Crippen molar-refractivity contribution < 1.29 is 19.0 Å². The molecule has 0 radical (unpaired) electrons. The molecular formula is C20H20ClFN6O3. The second kappa shape index (κ2) is 9.36. The van der Waals surface area contributed by atoms with Gasteiger partial charge in [-0.1, -0.05) is 11.6 Å². The summed E-state index contributed by atoms with van der Waals surface area (Å²) >= 11 is 5.86. The minimum atomic E-state index is -0.959. The number of benzene rings is 1. The van der Waals surface area contributed by atoms with Crippen LogP contribution in [-0.4, -0.2) is 49.8 Å². The molecule has 162 valence electrons. The van der Waals surface area contributed by atoms with Crippen LogP contribution in [0.2, 0.25) is 5.02 Å². The zero-order chi connectivity index (χ0) is 21.8. The summed E-state index contributed by atoms with van der Waals surface area (Å²) in [5.41, 5.74) is 1.64. The second-order valence-corrected chi connectivity index (χ2v) is 7.63. The van der Waals surface area contributed by atoms with Gasteiger partial charge in [-0.05, 0) is 43.9 Å². The highest BCUT2D eigenvalue weighted by Crippen LogP contribution is 2.27. The van der Waals surface area contributed by atoms with Gasteiger partial charge in [0, 0.05) is 11.7 Å². The number of aromatic nitrogens is 4. The monoisotopic (exact) mass is 446 g/mol. The van der Waals surface area contributed by atoms with Crippen LogP contribution >= 0.6 is 11.6 Å². The molecule has 0 aliphatic heterocycles. The molecule has 0 spiro atoms. The van der Waals surface area contributed by atoms with Gasteiger partial charge in [0.15, 0.2) is 5.82 Å². The Bertz CT molecular complexity index is 1090. The van der Waals surface area contributed by atoms with Crippen molar-refractivity contribution in [3.8, 4) is 0 Å². The summed E-state index contributed by atoms with van der Waals surface area (Å²) in [5.74, 6) is -0.572. The van der Waals surface area contributed by atoms with E-state index in [0.29, 0.717) is 28.5 Å². The van der Waals surface area contributed by atoms with Gasteiger partial charge in [0.2, 0.25) is 5.95 Å². The van der Waals surface area contributed by atoms with Gasteiger partial charge in [-0.15, -0.1) is 0 Å². The first-order valence-electron chi connectivity index (χ1n) is 9.77. The van der Waals surface area contributed by atoms with Crippen molar-refractivity contribution in [1.82, 2.24) is 19.9 Å². The highest BCUT2D eigenvalue weighted by atomic mass is 35.5. The van der Waals surface area contributed by atoms with E-state index >= 15 is 0 Å². The highest BCUT2D eigenvalue weighted by molar-refractivity contribution is 6.31. The number of anilines is 3. The van der Waals surface area contributed by atoms with E-state index in [1.807, 2.05) is 0 Å². The van der Waals surface area contributed by atoms with Crippen molar-refractivity contribution in [3.05, 3.63) is 41.6 Å². The fraction of sp³-hybridized carbons (Fsp3) is 0.350. The molecule has 4 rings (SSSR count). The van der Waals surface area contributed by atoms with E-state index in [2.05, 4.69) is 30.6 Å². The number of nitrogens with one attached hydrogen (secondary N) is 2. The molecule has 3 aromatic rings. The van der Waals surface area contributed by atoms with Crippen molar-refractivity contribution in [2.75, 3.05) is 17.2 Å². The zero-order valence-corrected chi connectivity index (χ0v) is 17.1. The number of carboxylic acids is 1. The smallest absolute Gasteiger partial charge is 0.329 e. The van der Waals surface area contributed by atoms with Crippen LogP contribution in [0.15, 0.2) is 30.7 Å². The SMILES string of the molecule is O=C(O)CO[C@H]1CC[C@H](Nc2ncc3ncnc(Nc4ccc(F)c(Cl)c4)c3n2)CC1. The van der Waals surface area contributed by atoms with Crippen LogP contribution in [0.1, 0.15) is 25.7 Å². The summed E-state index contributed by atoms with van der Waals surface area (Å²) < 4.78 is 18.8. The van der Waals surface area contributed by atoms with Crippen LogP contribution in [0.3, 0.4) is 0 Å². The third-order valence-corrected chi connectivity index (χ3v) is 5.30. The molecule has 11 heteroatoms. The number of fused-ring (bicyclic) bond motifs is 1. The Kier molecular flexibility index (Phi) is 6.38. The van der Waals surface area contributed by atoms with Crippen LogP contribution in [0.5, 0.6) is 0 Å². The van der Waals surface area contributed by atoms with Gasteiger partial charge in [0.05, 0.1) is 17.3 Å². The van der Waals surface area contributed by atoms with E-state index < -0.39 is 11.8 Å². The molecule has 9 nitrogen and oxygen atoms in total. The van der Waals surface area contributed by atoms with Gasteiger partial charge in [-0.3, -0.25) is 0 Å². The zero-order valence-electron chi connectivity index (χ0n) is 16.4. The molecule has 31 heavy (non-hydrogen) atoms. The molecule has 1 fully saturated rings. The maximum atomic E-state index is 13.4. The Hall–Kier alpha value is -3.11. The number of rotatable bonds is 7.